The predicted octanol–water partition coefficient (Wildman–Crippen LogP) is 7.08. The second-order valence-corrected chi connectivity index (χ2v) is 8.35. The lowest BCUT2D eigenvalue weighted by molar-refractivity contribution is 0.589. The van der Waals surface area contributed by atoms with Gasteiger partial charge in [0.05, 0.1) is 0 Å². The summed E-state index contributed by atoms with van der Waals surface area (Å²) in [6.45, 7) is 6.73. The Labute approximate surface area is 145 Å². The molecule has 4 rings (SSSR count). The Kier molecular flexibility index (Phi) is 4.82. The number of hydrogen-bond acceptors (Lipinski definition) is 0. The molecule has 0 bridgehead atoms. The third-order valence-corrected chi connectivity index (χ3v) is 5.07. The highest BCUT2D eigenvalue weighted by Crippen LogP contribution is 2.44. The third kappa shape index (κ3) is 4.61. The number of halogens is 1. The minimum Gasteiger partial charge on any atom is -0.0840 e. The van der Waals surface area contributed by atoms with E-state index in [9.17, 15) is 0 Å². The van der Waals surface area contributed by atoms with E-state index in [1.807, 2.05) is 0 Å². The second kappa shape index (κ2) is 6.69. The SMILES string of the molecule is CC(C)(C)c1ccc(Cl)c(C2CC2)c1.c1ccc(C2CC2)cc1. The first-order chi connectivity index (χ1) is 10.9. The van der Waals surface area contributed by atoms with Crippen LogP contribution in [0.15, 0.2) is 48.5 Å². The first-order valence-electron chi connectivity index (χ1n) is 8.80. The number of benzene rings is 2. The minimum absolute atomic E-state index is 0.230. The molecule has 0 amide bonds. The zero-order valence-electron chi connectivity index (χ0n) is 14.5. The molecule has 2 fully saturated rings. The summed E-state index contributed by atoms with van der Waals surface area (Å²) < 4.78 is 0. The van der Waals surface area contributed by atoms with Crippen molar-refractivity contribution in [2.45, 2.75) is 63.7 Å². The van der Waals surface area contributed by atoms with Crippen LogP contribution >= 0.6 is 11.6 Å². The average molecular weight is 327 g/mol. The highest BCUT2D eigenvalue weighted by molar-refractivity contribution is 6.31. The molecule has 122 valence electrons. The van der Waals surface area contributed by atoms with Crippen molar-refractivity contribution in [3.05, 3.63) is 70.2 Å². The van der Waals surface area contributed by atoms with Gasteiger partial charge in [0.2, 0.25) is 0 Å². The first kappa shape index (κ1) is 16.6. The Hall–Kier alpha value is -1.27. The van der Waals surface area contributed by atoms with Gasteiger partial charge in [0.25, 0.3) is 0 Å². The summed E-state index contributed by atoms with van der Waals surface area (Å²) in [5, 5.41) is 0.945. The van der Waals surface area contributed by atoms with Gasteiger partial charge in [0.1, 0.15) is 0 Å². The molecule has 2 aromatic carbocycles. The van der Waals surface area contributed by atoms with E-state index in [4.69, 9.17) is 11.6 Å². The molecule has 2 aliphatic carbocycles. The normalized spacial score (nSPS) is 17.4. The molecule has 0 radical (unpaired) electrons. The van der Waals surface area contributed by atoms with Gasteiger partial charge in [-0.05, 0) is 65.7 Å². The van der Waals surface area contributed by atoms with Crippen molar-refractivity contribution in [2.24, 2.45) is 0 Å². The van der Waals surface area contributed by atoms with Crippen LogP contribution in [-0.2, 0) is 5.41 Å². The van der Waals surface area contributed by atoms with Crippen molar-refractivity contribution in [1.29, 1.82) is 0 Å². The van der Waals surface area contributed by atoms with Crippen molar-refractivity contribution in [3.8, 4) is 0 Å². The van der Waals surface area contributed by atoms with Crippen LogP contribution in [0.3, 0.4) is 0 Å². The molecule has 0 spiro atoms. The third-order valence-electron chi connectivity index (χ3n) is 4.73. The highest BCUT2D eigenvalue weighted by atomic mass is 35.5. The van der Waals surface area contributed by atoms with E-state index in [1.54, 1.807) is 0 Å². The molecule has 23 heavy (non-hydrogen) atoms. The van der Waals surface area contributed by atoms with E-state index in [2.05, 4.69) is 69.3 Å². The molecule has 0 heterocycles. The van der Waals surface area contributed by atoms with Gasteiger partial charge in [-0.2, -0.15) is 0 Å². The molecule has 0 nitrogen and oxygen atoms in total. The van der Waals surface area contributed by atoms with Crippen LogP contribution in [0.1, 0.15) is 75.0 Å². The van der Waals surface area contributed by atoms with Gasteiger partial charge in [-0.3, -0.25) is 0 Å². The lowest BCUT2D eigenvalue weighted by Gasteiger charge is -2.20. The van der Waals surface area contributed by atoms with Gasteiger partial charge in [-0.15, -0.1) is 0 Å². The van der Waals surface area contributed by atoms with Crippen LogP contribution in [0.5, 0.6) is 0 Å². The van der Waals surface area contributed by atoms with Gasteiger partial charge in [0, 0.05) is 5.02 Å². The summed E-state index contributed by atoms with van der Waals surface area (Å²) in [7, 11) is 0. The quantitative estimate of drug-likeness (QED) is 0.553. The second-order valence-electron chi connectivity index (χ2n) is 7.95. The zero-order chi connectivity index (χ0) is 16.4. The molecule has 2 aliphatic rings. The van der Waals surface area contributed by atoms with E-state index in [0.29, 0.717) is 0 Å². The molecular formula is C22H27Cl. The van der Waals surface area contributed by atoms with Crippen LogP contribution in [0, 0.1) is 0 Å². The van der Waals surface area contributed by atoms with Crippen molar-refractivity contribution in [1.82, 2.24) is 0 Å². The van der Waals surface area contributed by atoms with Gasteiger partial charge in [0.15, 0.2) is 0 Å². The zero-order valence-corrected chi connectivity index (χ0v) is 15.2. The lowest BCUT2D eigenvalue weighted by Crippen LogP contribution is -2.11. The molecule has 0 unspecified atom stereocenters. The van der Waals surface area contributed by atoms with Gasteiger partial charge in [-0.25, -0.2) is 0 Å². The summed E-state index contributed by atoms with van der Waals surface area (Å²) in [5.74, 6) is 1.65. The molecule has 2 aromatic rings. The van der Waals surface area contributed by atoms with Crippen molar-refractivity contribution in [3.63, 3.8) is 0 Å². The topological polar surface area (TPSA) is 0 Å². The molecular weight excluding hydrogens is 300 g/mol. The average Bonchev–Trinajstić information content (AvgIpc) is 3.40. The minimum atomic E-state index is 0.230. The number of hydrogen-bond donors (Lipinski definition) is 0. The van der Waals surface area contributed by atoms with Crippen LogP contribution in [-0.4, -0.2) is 0 Å². The summed E-state index contributed by atoms with van der Waals surface area (Å²) in [6, 6.07) is 17.2. The summed E-state index contributed by atoms with van der Waals surface area (Å²) in [4.78, 5) is 0. The molecule has 0 aromatic heterocycles. The van der Waals surface area contributed by atoms with Crippen LogP contribution < -0.4 is 0 Å². The molecule has 1 heteroatoms. The van der Waals surface area contributed by atoms with E-state index >= 15 is 0 Å². The van der Waals surface area contributed by atoms with Crippen LogP contribution in [0.25, 0.3) is 0 Å². The summed E-state index contributed by atoms with van der Waals surface area (Å²) in [6.07, 6.45) is 5.44. The Morgan fingerprint density at radius 2 is 1.43 bits per heavy atom. The molecule has 0 saturated heterocycles. The van der Waals surface area contributed by atoms with E-state index in [-0.39, 0.29) is 5.41 Å². The van der Waals surface area contributed by atoms with Gasteiger partial charge >= 0.3 is 0 Å². The first-order valence-corrected chi connectivity index (χ1v) is 9.18. The Bertz CT molecular complexity index is 643. The predicted molar refractivity (Wildman–Crippen MR) is 101 cm³/mol. The Morgan fingerprint density at radius 3 is 1.96 bits per heavy atom. The van der Waals surface area contributed by atoms with Crippen LogP contribution in [0.2, 0.25) is 5.02 Å². The highest BCUT2D eigenvalue weighted by Gasteiger charge is 2.27. The van der Waals surface area contributed by atoms with Gasteiger partial charge in [-0.1, -0.05) is 74.8 Å². The Balaban J connectivity index is 0.000000149. The number of rotatable bonds is 2. The molecule has 2 saturated carbocycles. The van der Waals surface area contributed by atoms with E-state index < -0.39 is 0 Å². The fourth-order valence-corrected chi connectivity index (χ4v) is 3.13. The molecule has 0 N–H and O–H groups in total. The van der Waals surface area contributed by atoms with Crippen molar-refractivity contribution < 1.29 is 0 Å². The monoisotopic (exact) mass is 326 g/mol. The summed E-state index contributed by atoms with van der Waals surface area (Å²) in [5.41, 5.74) is 4.51. The van der Waals surface area contributed by atoms with Gasteiger partial charge < -0.3 is 0 Å². The van der Waals surface area contributed by atoms with Crippen molar-refractivity contribution in [2.75, 3.05) is 0 Å². The maximum absolute atomic E-state index is 6.18. The largest absolute Gasteiger partial charge is 0.0840 e. The smallest absolute Gasteiger partial charge is 0.0441 e. The van der Waals surface area contributed by atoms with E-state index in [1.165, 1.54) is 42.4 Å². The molecule has 0 aliphatic heterocycles. The molecule has 0 atom stereocenters. The van der Waals surface area contributed by atoms with Crippen LogP contribution in [0.4, 0.5) is 0 Å². The van der Waals surface area contributed by atoms with E-state index in [0.717, 1.165) is 16.9 Å². The maximum atomic E-state index is 6.18. The fourth-order valence-electron chi connectivity index (χ4n) is 2.86. The standard InChI is InChI=1S/C13H17Cl.C9H10/c1-13(2,3)10-6-7-12(14)11(8-10)9-4-5-9;1-2-4-8(5-3-1)9-6-7-9/h6-9H,4-5H2,1-3H3;1-5,9H,6-7H2. The summed E-state index contributed by atoms with van der Waals surface area (Å²) >= 11 is 6.18. The maximum Gasteiger partial charge on any atom is 0.0441 e. The lowest BCUT2D eigenvalue weighted by atomic mass is 9.86. The van der Waals surface area contributed by atoms with Crippen molar-refractivity contribution >= 4 is 11.6 Å². The fraction of sp³-hybridized carbons (Fsp3) is 0.455. The Morgan fingerprint density at radius 1 is 0.826 bits per heavy atom.